The van der Waals surface area contributed by atoms with Crippen LogP contribution in [0.2, 0.25) is 0 Å². The van der Waals surface area contributed by atoms with Crippen LogP contribution in [0.15, 0.2) is 52.0 Å². The molecule has 0 saturated carbocycles. The third-order valence-corrected chi connectivity index (χ3v) is 3.43. The highest BCUT2D eigenvalue weighted by Crippen LogP contribution is 2.22. The zero-order chi connectivity index (χ0) is 18.4. The number of carbonyl (C=O) groups excluding carboxylic acids is 2. The van der Waals surface area contributed by atoms with E-state index in [-0.39, 0.29) is 17.0 Å². The Morgan fingerprint density at radius 1 is 1.28 bits per heavy atom. The van der Waals surface area contributed by atoms with Gasteiger partial charge in [0.1, 0.15) is 11.3 Å². The van der Waals surface area contributed by atoms with Crippen molar-refractivity contribution >= 4 is 39.7 Å². The van der Waals surface area contributed by atoms with Gasteiger partial charge in [-0.15, -0.1) is 0 Å². The minimum Gasteiger partial charge on any atom is -0.426 e. The number of amides is 1. The Hall–Kier alpha value is -3.07. The normalized spacial score (nSPS) is 10.5. The minimum absolute atomic E-state index is 0.112. The van der Waals surface area contributed by atoms with Crippen LogP contribution in [0.5, 0.6) is 5.75 Å². The molecule has 0 aliphatic heterocycles. The highest BCUT2D eigenvalue weighted by atomic mass is 79.9. The molecule has 0 aliphatic rings. The van der Waals surface area contributed by atoms with Gasteiger partial charge in [-0.05, 0) is 24.3 Å². The quantitative estimate of drug-likeness (QED) is 0.270. The number of ether oxygens (including phenoxy) is 1. The molecule has 0 fully saturated rings. The van der Waals surface area contributed by atoms with Gasteiger partial charge in [0.25, 0.3) is 11.6 Å². The van der Waals surface area contributed by atoms with Crippen molar-refractivity contribution in [3.63, 3.8) is 0 Å². The van der Waals surface area contributed by atoms with E-state index in [9.17, 15) is 19.7 Å². The molecule has 0 spiro atoms. The van der Waals surface area contributed by atoms with E-state index in [1.807, 2.05) is 0 Å². The molecule has 128 valence electrons. The maximum Gasteiger partial charge on any atom is 0.308 e. The Morgan fingerprint density at radius 2 is 2.00 bits per heavy atom. The van der Waals surface area contributed by atoms with Crippen LogP contribution in [0.25, 0.3) is 0 Å². The van der Waals surface area contributed by atoms with Crippen LogP contribution in [0.3, 0.4) is 0 Å². The van der Waals surface area contributed by atoms with E-state index in [4.69, 9.17) is 4.74 Å². The summed E-state index contributed by atoms with van der Waals surface area (Å²) in [5.74, 6) is -0.965. The van der Waals surface area contributed by atoms with Gasteiger partial charge in [-0.25, -0.2) is 5.43 Å². The number of halogens is 1. The zero-order valence-corrected chi connectivity index (χ0v) is 14.5. The molecule has 1 N–H and O–H groups in total. The van der Waals surface area contributed by atoms with E-state index < -0.39 is 16.8 Å². The number of benzene rings is 2. The van der Waals surface area contributed by atoms with E-state index in [0.717, 1.165) is 4.47 Å². The first-order valence-electron chi connectivity index (χ1n) is 6.93. The fraction of sp³-hybridized carbons (Fsp3) is 0.0625. The highest BCUT2D eigenvalue weighted by Gasteiger charge is 2.18. The molecular weight excluding hydrogens is 394 g/mol. The summed E-state index contributed by atoms with van der Waals surface area (Å²) in [7, 11) is 0. The van der Waals surface area contributed by atoms with Crippen LogP contribution in [-0.2, 0) is 4.79 Å². The molecule has 0 radical (unpaired) electrons. The van der Waals surface area contributed by atoms with Gasteiger partial charge in [0.2, 0.25) is 0 Å². The molecule has 2 aromatic rings. The summed E-state index contributed by atoms with van der Waals surface area (Å²) in [4.78, 5) is 33.5. The van der Waals surface area contributed by atoms with Gasteiger partial charge in [0, 0.05) is 23.0 Å². The number of nitro benzene ring substituents is 1. The molecule has 0 bridgehead atoms. The average molecular weight is 406 g/mol. The largest absolute Gasteiger partial charge is 0.426 e. The Bertz CT molecular complexity index is 867. The summed E-state index contributed by atoms with van der Waals surface area (Å²) in [6, 6.07) is 10.4. The van der Waals surface area contributed by atoms with Crippen molar-refractivity contribution in [2.24, 2.45) is 5.10 Å². The number of rotatable bonds is 5. The maximum absolute atomic E-state index is 12.1. The van der Waals surface area contributed by atoms with Crippen molar-refractivity contribution in [1.82, 2.24) is 5.43 Å². The van der Waals surface area contributed by atoms with Gasteiger partial charge >= 0.3 is 5.97 Å². The van der Waals surface area contributed by atoms with Crippen molar-refractivity contribution in [2.75, 3.05) is 0 Å². The Balaban J connectivity index is 2.19. The van der Waals surface area contributed by atoms with Crippen molar-refractivity contribution < 1.29 is 19.2 Å². The molecule has 0 saturated heterocycles. The van der Waals surface area contributed by atoms with Gasteiger partial charge in [0.05, 0.1) is 11.1 Å². The maximum atomic E-state index is 12.1. The molecular formula is C16H12BrN3O5. The number of nitrogens with one attached hydrogen (secondary N) is 1. The summed E-state index contributed by atoms with van der Waals surface area (Å²) < 4.78 is 5.76. The van der Waals surface area contributed by atoms with E-state index in [1.165, 1.54) is 37.4 Å². The zero-order valence-electron chi connectivity index (χ0n) is 12.9. The highest BCUT2D eigenvalue weighted by molar-refractivity contribution is 9.10. The molecule has 8 nitrogen and oxygen atoms in total. The number of para-hydroxylation sites is 1. The second-order valence-corrected chi connectivity index (χ2v) is 5.66. The lowest BCUT2D eigenvalue weighted by Gasteiger charge is -2.06. The third kappa shape index (κ3) is 4.95. The van der Waals surface area contributed by atoms with Crippen LogP contribution in [0.4, 0.5) is 5.69 Å². The van der Waals surface area contributed by atoms with Crippen molar-refractivity contribution in [2.45, 2.75) is 6.92 Å². The first kappa shape index (κ1) is 18.3. The number of esters is 1. The molecule has 1 amide bonds. The minimum atomic E-state index is -0.729. The summed E-state index contributed by atoms with van der Waals surface area (Å²) >= 11 is 3.28. The second-order valence-electron chi connectivity index (χ2n) is 4.75. The predicted molar refractivity (Wildman–Crippen MR) is 93.6 cm³/mol. The number of carbonyl (C=O) groups is 2. The summed E-state index contributed by atoms with van der Waals surface area (Å²) in [6.07, 6.45) is 1.27. The number of hydrogen-bond acceptors (Lipinski definition) is 6. The van der Waals surface area contributed by atoms with Gasteiger partial charge < -0.3 is 4.74 Å². The van der Waals surface area contributed by atoms with Crippen LogP contribution < -0.4 is 10.2 Å². The number of nitrogens with zero attached hydrogens (tertiary/aromatic N) is 2. The second kappa shape index (κ2) is 8.15. The molecule has 2 rings (SSSR count). The molecule has 0 heterocycles. The topological polar surface area (TPSA) is 111 Å². The first-order chi connectivity index (χ1) is 11.9. The van der Waals surface area contributed by atoms with Crippen LogP contribution in [0, 0.1) is 10.1 Å². The summed E-state index contributed by atoms with van der Waals surface area (Å²) in [5, 5.41) is 14.7. The smallest absolute Gasteiger partial charge is 0.308 e. The molecule has 0 atom stereocenters. The van der Waals surface area contributed by atoms with Gasteiger partial charge in [-0.2, -0.15) is 5.10 Å². The standard InChI is InChI=1S/C16H12BrN3O5/c1-10(21)25-15-7-6-12(17)8-11(15)9-18-19-16(22)13-4-2-3-5-14(13)20(23)24/h2-9H,1H3,(H,19,22)/b18-9-. The Kier molecular flexibility index (Phi) is 5.96. The van der Waals surface area contributed by atoms with E-state index in [2.05, 4.69) is 26.5 Å². The SMILES string of the molecule is CC(=O)Oc1ccc(Br)cc1/C=N\NC(=O)c1ccccc1[N+](=O)[O-]. The average Bonchev–Trinajstić information content (AvgIpc) is 2.56. The van der Waals surface area contributed by atoms with Crippen LogP contribution >= 0.6 is 15.9 Å². The van der Waals surface area contributed by atoms with Gasteiger partial charge in [-0.3, -0.25) is 19.7 Å². The van der Waals surface area contributed by atoms with Gasteiger partial charge in [-0.1, -0.05) is 28.1 Å². The van der Waals surface area contributed by atoms with Crippen LogP contribution in [-0.4, -0.2) is 23.0 Å². The lowest BCUT2D eigenvalue weighted by atomic mass is 10.2. The van der Waals surface area contributed by atoms with Crippen molar-refractivity contribution in [3.8, 4) is 5.75 Å². The van der Waals surface area contributed by atoms with Gasteiger partial charge in [0.15, 0.2) is 0 Å². The third-order valence-electron chi connectivity index (χ3n) is 2.94. The molecule has 25 heavy (non-hydrogen) atoms. The molecule has 0 aromatic heterocycles. The molecule has 0 aliphatic carbocycles. The van der Waals surface area contributed by atoms with Crippen molar-refractivity contribution in [1.29, 1.82) is 0 Å². The van der Waals surface area contributed by atoms with E-state index in [0.29, 0.717) is 5.56 Å². The lowest BCUT2D eigenvalue weighted by molar-refractivity contribution is -0.385. The Morgan fingerprint density at radius 3 is 2.68 bits per heavy atom. The molecule has 9 heteroatoms. The van der Waals surface area contributed by atoms with E-state index in [1.54, 1.807) is 18.2 Å². The predicted octanol–water partition coefficient (Wildman–Crippen LogP) is 3.05. The van der Waals surface area contributed by atoms with Crippen molar-refractivity contribution in [3.05, 3.63) is 68.2 Å². The van der Waals surface area contributed by atoms with Crippen LogP contribution in [0.1, 0.15) is 22.8 Å². The monoisotopic (exact) mass is 405 g/mol. The molecule has 2 aromatic carbocycles. The molecule has 0 unspecified atom stereocenters. The van der Waals surface area contributed by atoms with E-state index >= 15 is 0 Å². The first-order valence-corrected chi connectivity index (χ1v) is 7.72. The number of nitro groups is 1. The fourth-order valence-electron chi connectivity index (χ4n) is 1.91. The number of hydrogen-bond donors (Lipinski definition) is 1. The fourth-order valence-corrected chi connectivity index (χ4v) is 2.29. The summed E-state index contributed by atoms with van der Waals surface area (Å²) in [5.41, 5.74) is 2.22. The summed E-state index contributed by atoms with van der Waals surface area (Å²) in [6.45, 7) is 1.26. The lowest BCUT2D eigenvalue weighted by Crippen LogP contribution is -2.19. The number of hydrazone groups is 1. The Labute approximate surface area is 150 Å².